The van der Waals surface area contributed by atoms with E-state index in [0.29, 0.717) is 10.0 Å². The Balaban J connectivity index is 0.00000161. The SMILES string of the molecule is Cl.O=C(c1cc(F)cc(Br)c1)N1CCC2(CCNCC2)C1. The summed E-state index contributed by atoms with van der Waals surface area (Å²) in [6, 6.07) is 4.38. The van der Waals surface area contributed by atoms with E-state index in [-0.39, 0.29) is 29.5 Å². The molecule has 2 saturated heterocycles. The summed E-state index contributed by atoms with van der Waals surface area (Å²) in [6.45, 7) is 3.66. The van der Waals surface area contributed by atoms with Crippen LogP contribution in [0.15, 0.2) is 22.7 Å². The van der Waals surface area contributed by atoms with Gasteiger partial charge in [-0.1, -0.05) is 15.9 Å². The molecule has 21 heavy (non-hydrogen) atoms. The molecule has 0 atom stereocenters. The molecule has 3 rings (SSSR count). The molecular weight excluding hydrogens is 359 g/mol. The summed E-state index contributed by atoms with van der Waals surface area (Å²) in [5.41, 5.74) is 0.716. The van der Waals surface area contributed by atoms with Gasteiger partial charge in [-0.2, -0.15) is 0 Å². The van der Waals surface area contributed by atoms with Crippen molar-refractivity contribution in [1.82, 2.24) is 10.2 Å². The fourth-order valence-corrected chi connectivity index (χ4v) is 3.80. The molecule has 0 radical (unpaired) electrons. The van der Waals surface area contributed by atoms with E-state index in [2.05, 4.69) is 21.2 Å². The Morgan fingerprint density at radius 3 is 2.62 bits per heavy atom. The normalized spacial score (nSPS) is 20.4. The molecule has 0 unspecified atom stereocenters. The summed E-state index contributed by atoms with van der Waals surface area (Å²) in [7, 11) is 0. The number of carbonyl (C=O) groups excluding carboxylic acids is 1. The standard InChI is InChI=1S/C15H18BrFN2O.ClH/c16-12-7-11(8-13(17)9-12)14(20)19-6-3-15(10-19)1-4-18-5-2-15;/h7-9,18H,1-6,10H2;1H. The van der Waals surface area contributed by atoms with Gasteiger partial charge in [-0.05, 0) is 56.0 Å². The van der Waals surface area contributed by atoms with E-state index >= 15 is 0 Å². The fourth-order valence-electron chi connectivity index (χ4n) is 3.33. The average Bonchev–Trinajstić information content (AvgIpc) is 2.81. The van der Waals surface area contributed by atoms with Gasteiger partial charge in [0.15, 0.2) is 0 Å². The van der Waals surface area contributed by atoms with Crippen LogP contribution >= 0.6 is 28.3 Å². The first kappa shape index (κ1) is 16.7. The molecule has 0 bridgehead atoms. The number of likely N-dealkylation sites (tertiary alicyclic amines) is 1. The Hall–Kier alpha value is -0.650. The predicted octanol–water partition coefficient (Wildman–Crippen LogP) is 3.23. The Morgan fingerprint density at radius 1 is 1.24 bits per heavy atom. The van der Waals surface area contributed by atoms with Crippen molar-refractivity contribution in [3.05, 3.63) is 34.1 Å². The van der Waals surface area contributed by atoms with E-state index < -0.39 is 0 Å². The van der Waals surface area contributed by atoms with E-state index in [9.17, 15) is 9.18 Å². The number of halogens is 3. The van der Waals surface area contributed by atoms with E-state index in [4.69, 9.17) is 0 Å². The number of nitrogens with one attached hydrogen (secondary N) is 1. The maximum absolute atomic E-state index is 13.4. The van der Waals surface area contributed by atoms with Gasteiger partial charge in [-0.15, -0.1) is 12.4 Å². The van der Waals surface area contributed by atoms with Gasteiger partial charge in [0.25, 0.3) is 5.91 Å². The highest BCUT2D eigenvalue weighted by Gasteiger charge is 2.40. The molecular formula is C15H19BrClFN2O. The van der Waals surface area contributed by atoms with Crippen molar-refractivity contribution < 1.29 is 9.18 Å². The van der Waals surface area contributed by atoms with Gasteiger partial charge in [0.1, 0.15) is 5.82 Å². The number of hydrogen-bond donors (Lipinski definition) is 1. The van der Waals surface area contributed by atoms with Gasteiger partial charge in [0, 0.05) is 23.1 Å². The lowest BCUT2D eigenvalue weighted by Crippen LogP contribution is -2.39. The van der Waals surface area contributed by atoms with Crippen LogP contribution in [0.5, 0.6) is 0 Å². The summed E-state index contributed by atoms with van der Waals surface area (Å²) in [4.78, 5) is 14.4. The van der Waals surface area contributed by atoms with Crippen molar-refractivity contribution in [3.63, 3.8) is 0 Å². The van der Waals surface area contributed by atoms with Crippen molar-refractivity contribution >= 4 is 34.2 Å². The summed E-state index contributed by atoms with van der Waals surface area (Å²) in [5, 5.41) is 3.37. The molecule has 3 nitrogen and oxygen atoms in total. The molecule has 2 fully saturated rings. The Bertz CT molecular complexity index is 514. The monoisotopic (exact) mass is 376 g/mol. The molecule has 2 aliphatic heterocycles. The highest BCUT2D eigenvalue weighted by molar-refractivity contribution is 9.10. The van der Waals surface area contributed by atoms with E-state index in [1.165, 1.54) is 12.1 Å². The molecule has 2 heterocycles. The second-order valence-corrected chi connectivity index (χ2v) is 6.80. The third kappa shape index (κ3) is 3.58. The number of benzene rings is 1. The number of piperidine rings is 1. The second-order valence-electron chi connectivity index (χ2n) is 5.88. The van der Waals surface area contributed by atoms with Crippen molar-refractivity contribution in [2.24, 2.45) is 5.41 Å². The molecule has 1 aromatic rings. The van der Waals surface area contributed by atoms with Crippen LogP contribution < -0.4 is 5.32 Å². The van der Waals surface area contributed by atoms with Gasteiger partial charge in [-0.3, -0.25) is 4.79 Å². The van der Waals surface area contributed by atoms with Crippen LogP contribution in [0.2, 0.25) is 0 Å². The minimum Gasteiger partial charge on any atom is -0.338 e. The van der Waals surface area contributed by atoms with Crippen LogP contribution in [0.1, 0.15) is 29.6 Å². The molecule has 1 aromatic carbocycles. The van der Waals surface area contributed by atoms with Crippen LogP contribution in [0, 0.1) is 11.2 Å². The second kappa shape index (κ2) is 6.63. The van der Waals surface area contributed by atoms with Gasteiger partial charge in [-0.25, -0.2) is 4.39 Å². The molecule has 6 heteroatoms. The van der Waals surface area contributed by atoms with Gasteiger partial charge in [0.05, 0.1) is 0 Å². The average molecular weight is 378 g/mol. The lowest BCUT2D eigenvalue weighted by molar-refractivity contribution is 0.0761. The predicted molar refractivity (Wildman–Crippen MR) is 86.4 cm³/mol. The first-order valence-electron chi connectivity index (χ1n) is 7.04. The van der Waals surface area contributed by atoms with Gasteiger partial charge >= 0.3 is 0 Å². The summed E-state index contributed by atoms with van der Waals surface area (Å²) in [6.07, 6.45) is 3.32. The molecule has 1 N–H and O–H groups in total. The Morgan fingerprint density at radius 2 is 1.95 bits per heavy atom. The van der Waals surface area contributed by atoms with Crippen LogP contribution in [-0.4, -0.2) is 37.0 Å². The highest BCUT2D eigenvalue weighted by Crippen LogP contribution is 2.39. The molecule has 1 spiro atoms. The highest BCUT2D eigenvalue weighted by atomic mass is 79.9. The van der Waals surface area contributed by atoms with Gasteiger partial charge < -0.3 is 10.2 Å². The first-order valence-corrected chi connectivity index (χ1v) is 7.83. The Kier molecular flexibility index (Phi) is 5.28. The smallest absolute Gasteiger partial charge is 0.254 e. The molecule has 116 valence electrons. The van der Waals surface area contributed by atoms with Crippen molar-refractivity contribution in [1.29, 1.82) is 0 Å². The first-order chi connectivity index (χ1) is 9.58. The quantitative estimate of drug-likeness (QED) is 0.815. The molecule has 0 aromatic heterocycles. The van der Waals surface area contributed by atoms with E-state index in [1.54, 1.807) is 6.07 Å². The minimum absolute atomic E-state index is 0. The number of rotatable bonds is 1. The van der Waals surface area contributed by atoms with Crippen LogP contribution in [-0.2, 0) is 0 Å². The third-order valence-electron chi connectivity index (χ3n) is 4.50. The maximum atomic E-state index is 13.4. The zero-order valence-corrected chi connectivity index (χ0v) is 14.1. The summed E-state index contributed by atoms with van der Waals surface area (Å²) >= 11 is 3.24. The zero-order chi connectivity index (χ0) is 14.2. The van der Waals surface area contributed by atoms with Gasteiger partial charge in [0.2, 0.25) is 0 Å². The van der Waals surface area contributed by atoms with E-state index in [0.717, 1.165) is 45.4 Å². The Labute approximate surface area is 138 Å². The third-order valence-corrected chi connectivity index (χ3v) is 4.96. The number of hydrogen-bond acceptors (Lipinski definition) is 2. The lowest BCUT2D eigenvalue weighted by atomic mass is 9.78. The fraction of sp³-hybridized carbons (Fsp3) is 0.533. The maximum Gasteiger partial charge on any atom is 0.254 e. The molecule has 2 aliphatic rings. The summed E-state index contributed by atoms with van der Waals surface area (Å²) < 4.78 is 14.0. The number of carbonyl (C=O) groups is 1. The van der Waals surface area contributed by atoms with Crippen LogP contribution in [0.25, 0.3) is 0 Å². The summed E-state index contributed by atoms with van der Waals surface area (Å²) in [5.74, 6) is -0.431. The van der Waals surface area contributed by atoms with Crippen LogP contribution in [0.4, 0.5) is 4.39 Å². The minimum atomic E-state index is -0.376. The molecule has 0 saturated carbocycles. The van der Waals surface area contributed by atoms with Crippen LogP contribution in [0.3, 0.4) is 0 Å². The van der Waals surface area contributed by atoms with E-state index in [1.807, 2.05) is 4.90 Å². The molecule has 1 amide bonds. The van der Waals surface area contributed by atoms with Crippen molar-refractivity contribution in [3.8, 4) is 0 Å². The van der Waals surface area contributed by atoms with Crippen molar-refractivity contribution in [2.45, 2.75) is 19.3 Å². The zero-order valence-electron chi connectivity index (χ0n) is 11.7. The largest absolute Gasteiger partial charge is 0.338 e. The van der Waals surface area contributed by atoms with Crippen molar-refractivity contribution in [2.75, 3.05) is 26.2 Å². The lowest BCUT2D eigenvalue weighted by Gasteiger charge is -2.33. The topological polar surface area (TPSA) is 32.3 Å². The number of nitrogens with zero attached hydrogens (tertiary/aromatic N) is 1. The molecule has 0 aliphatic carbocycles. The number of amides is 1.